The van der Waals surface area contributed by atoms with Crippen LogP contribution < -0.4 is 0 Å². The molecule has 0 aliphatic heterocycles. The molecular weight excluding hydrogens is 208 g/mol. The van der Waals surface area contributed by atoms with E-state index in [9.17, 15) is 5.11 Å². The Balaban J connectivity index is 2.21. The molecular formula is C16H24O. The Morgan fingerprint density at radius 1 is 1.12 bits per heavy atom. The van der Waals surface area contributed by atoms with Crippen LogP contribution in [0.2, 0.25) is 0 Å². The maximum atomic E-state index is 10.3. The first-order valence-electron chi connectivity index (χ1n) is 6.75. The minimum absolute atomic E-state index is 0.0703. The summed E-state index contributed by atoms with van der Waals surface area (Å²) in [5.74, 6) is 1.06. The van der Waals surface area contributed by atoms with Gasteiger partial charge in [-0.3, -0.25) is 0 Å². The van der Waals surface area contributed by atoms with Crippen molar-refractivity contribution in [3.63, 3.8) is 0 Å². The van der Waals surface area contributed by atoms with Crippen molar-refractivity contribution in [2.45, 2.75) is 51.6 Å². The predicted molar refractivity (Wildman–Crippen MR) is 72.0 cm³/mol. The van der Waals surface area contributed by atoms with Crippen molar-refractivity contribution in [1.29, 1.82) is 0 Å². The first-order chi connectivity index (χ1) is 8.01. The lowest BCUT2D eigenvalue weighted by molar-refractivity contribution is 0.0143. The van der Waals surface area contributed by atoms with Gasteiger partial charge in [-0.2, -0.15) is 0 Å². The van der Waals surface area contributed by atoms with E-state index in [2.05, 4.69) is 51.1 Å². The molecule has 1 aromatic carbocycles. The van der Waals surface area contributed by atoms with Crippen molar-refractivity contribution in [2.75, 3.05) is 0 Å². The Bertz CT molecular complexity index is 355. The Morgan fingerprint density at radius 2 is 1.76 bits per heavy atom. The molecule has 1 saturated carbocycles. The summed E-state index contributed by atoms with van der Waals surface area (Å²) in [7, 11) is 0. The van der Waals surface area contributed by atoms with Gasteiger partial charge in [0.15, 0.2) is 0 Å². The number of hydrogen-bond acceptors (Lipinski definition) is 1. The van der Waals surface area contributed by atoms with Gasteiger partial charge in [0.1, 0.15) is 0 Å². The largest absolute Gasteiger partial charge is 0.393 e. The van der Waals surface area contributed by atoms with E-state index in [4.69, 9.17) is 0 Å². The van der Waals surface area contributed by atoms with Crippen LogP contribution in [0.3, 0.4) is 0 Å². The van der Waals surface area contributed by atoms with Crippen molar-refractivity contribution in [3.8, 4) is 0 Å². The third-order valence-electron chi connectivity index (χ3n) is 4.52. The molecule has 1 aromatic rings. The lowest BCUT2D eigenvalue weighted by Gasteiger charge is -2.42. The molecule has 1 aliphatic rings. The van der Waals surface area contributed by atoms with Gasteiger partial charge in [0.25, 0.3) is 0 Å². The number of aliphatic hydroxyl groups excluding tert-OH is 1. The van der Waals surface area contributed by atoms with Crippen LogP contribution in [0.4, 0.5) is 0 Å². The summed E-state index contributed by atoms with van der Waals surface area (Å²) in [4.78, 5) is 0. The quantitative estimate of drug-likeness (QED) is 0.823. The molecule has 0 amide bonds. The maximum absolute atomic E-state index is 10.3. The fraction of sp³-hybridized carbons (Fsp3) is 0.625. The summed E-state index contributed by atoms with van der Waals surface area (Å²) < 4.78 is 0. The maximum Gasteiger partial charge on any atom is 0.0579 e. The molecule has 3 atom stereocenters. The molecule has 1 nitrogen and oxygen atoms in total. The molecule has 0 saturated heterocycles. The number of rotatable bonds is 2. The molecule has 17 heavy (non-hydrogen) atoms. The van der Waals surface area contributed by atoms with Gasteiger partial charge in [0.2, 0.25) is 0 Å². The SMILES string of the molecule is CC1CCC(C(C)(C)c2ccccc2)[C@@H](O)C1. The van der Waals surface area contributed by atoms with Crippen LogP contribution >= 0.6 is 0 Å². The summed E-state index contributed by atoms with van der Waals surface area (Å²) in [5, 5.41) is 10.3. The van der Waals surface area contributed by atoms with Crippen LogP contribution in [-0.2, 0) is 5.41 Å². The summed E-state index contributed by atoms with van der Waals surface area (Å²) in [6, 6.07) is 10.6. The third kappa shape index (κ3) is 2.55. The summed E-state index contributed by atoms with van der Waals surface area (Å²) in [5.41, 5.74) is 1.42. The molecule has 1 aliphatic carbocycles. The Morgan fingerprint density at radius 3 is 2.35 bits per heavy atom. The summed E-state index contributed by atoms with van der Waals surface area (Å²) >= 11 is 0. The average Bonchev–Trinajstić information content (AvgIpc) is 2.29. The van der Waals surface area contributed by atoms with Gasteiger partial charge in [-0.1, -0.05) is 57.5 Å². The van der Waals surface area contributed by atoms with E-state index < -0.39 is 0 Å². The fourth-order valence-corrected chi connectivity index (χ4v) is 3.27. The number of hydrogen-bond donors (Lipinski definition) is 1. The monoisotopic (exact) mass is 232 g/mol. The second-order valence-corrected chi connectivity index (χ2v) is 6.18. The van der Waals surface area contributed by atoms with Gasteiger partial charge in [-0.05, 0) is 35.7 Å². The number of aliphatic hydroxyl groups is 1. The molecule has 1 heteroatoms. The highest BCUT2D eigenvalue weighted by molar-refractivity contribution is 5.25. The van der Waals surface area contributed by atoms with E-state index in [0.717, 1.165) is 12.8 Å². The van der Waals surface area contributed by atoms with Crippen LogP contribution in [0.5, 0.6) is 0 Å². The minimum atomic E-state index is -0.144. The second-order valence-electron chi connectivity index (χ2n) is 6.18. The zero-order chi connectivity index (χ0) is 12.5. The van der Waals surface area contributed by atoms with Crippen LogP contribution in [-0.4, -0.2) is 11.2 Å². The highest BCUT2D eigenvalue weighted by atomic mass is 16.3. The predicted octanol–water partition coefficient (Wildman–Crippen LogP) is 3.76. The Labute approximate surface area is 105 Å². The van der Waals surface area contributed by atoms with E-state index in [1.165, 1.54) is 12.0 Å². The zero-order valence-electron chi connectivity index (χ0n) is 11.2. The zero-order valence-corrected chi connectivity index (χ0v) is 11.2. The van der Waals surface area contributed by atoms with Gasteiger partial charge in [-0.15, -0.1) is 0 Å². The fourth-order valence-electron chi connectivity index (χ4n) is 3.27. The normalized spacial score (nSPS) is 30.2. The molecule has 0 bridgehead atoms. The number of benzene rings is 1. The third-order valence-corrected chi connectivity index (χ3v) is 4.52. The molecule has 1 N–H and O–H groups in total. The average molecular weight is 232 g/mol. The van der Waals surface area contributed by atoms with E-state index in [0.29, 0.717) is 11.8 Å². The van der Waals surface area contributed by atoms with Gasteiger partial charge in [0, 0.05) is 0 Å². The molecule has 0 aromatic heterocycles. The van der Waals surface area contributed by atoms with Gasteiger partial charge in [-0.25, -0.2) is 0 Å². The molecule has 2 rings (SSSR count). The standard InChI is InChI=1S/C16H24O/c1-12-9-10-14(15(17)11-12)16(2,3)13-7-5-4-6-8-13/h4-8,12,14-15,17H,9-11H2,1-3H3/t12?,14?,15-/m0/s1. The van der Waals surface area contributed by atoms with Crippen molar-refractivity contribution in [1.82, 2.24) is 0 Å². The second kappa shape index (κ2) is 4.81. The lowest BCUT2D eigenvalue weighted by Crippen LogP contribution is -2.41. The van der Waals surface area contributed by atoms with Crippen molar-refractivity contribution in [3.05, 3.63) is 35.9 Å². The van der Waals surface area contributed by atoms with Crippen LogP contribution in [0.15, 0.2) is 30.3 Å². The Hall–Kier alpha value is -0.820. The molecule has 94 valence electrons. The summed E-state index contributed by atoms with van der Waals surface area (Å²) in [6.45, 7) is 6.79. The van der Waals surface area contributed by atoms with Crippen LogP contribution in [0.1, 0.15) is 45.6 Å². The first kappa shape index (κ1) is 12.6. The highest BCUT2D eigenvalue weighted by Gasteiger charge is 2.38. The van der Waals surface area contributed by atoms with Crippen molar-refractivity contribution >= 4 is 0 Å². The van der Waals surface area contributed by atoms with Crippen molar-refractivity contribution < 1.29 is 5.11 Å². The highest BCUT2D eigenvalue weighted by Crippen LogP contribution is 2.42. The van der Waals surface area contributed by atoms with Gasteiger partial charge >= 0.3 is 0 Å². The topological polar surface area (TPSA) is 20.2 Å². The van der Waals surface area contributed by atoms with Gasteiger partial charge in [0.05, 0.1) is 6.10 Å². The van der Waals surface area contributed by atoms with E-state index in [1.54, 1.807) is 0 Å². The molecule has 0 heterocycles. The van der Waals surface area contributed by atoms with E-state index in [-0.39, 0.29) is 11.5 Å². The van der Waals surface area contributed by atoms with E-state index in [1.807, 2.05) is 0 Å². The van der Waals surface area contributed by atoms with E-state index >= 15 is 0 Å². The molecule has 1 fully saturated rings. The molecule has 0 spiro atoms. The first-order valence-corrected chi connectivity index (χ1v) is 6.75. The Kier molecular flexibility index (Phi) is 3.58. The summed E-state index contributed by atoms with van der Waals surface area (Å²) in [6.07, 6.45) is 3.21. The van der Waals surface area contributed by atoms with Gasteiger partial charge < -0.3 is 5.11 Å². The molecule has 0 radical (unpaired) electrons. The van der Waals surface area contributed by atoms with Crippen LogP contribution in [0, 0.1) is 11.8 Å². The molecule has 2 unspecified atom stereocenters. The minimum Gasteiger partial charge on any atom is -0.393 e. The smallest absolute Gasteiger partial charge is 0.0579 e. The van der Waals surface area contributed by atoms with Crippen molar-refractivity contribution in [2.24, 2.45) is 11.8 Å². The van der Waals surface area contributed by atoms with Crippen LogP contribution in [0.25, 0.3) is 0 Å². The lowest BCUT2D eigenvalue weighted by atomic mass is 9.64.